The summed E-state index contributed by atoms with van der Waals surface area (Å²) in [7, 11) is 0. The molecule has 38 heavy (non-hydrogen) atoms. The smallest absolute Gasteiger partial charge is 0.233 e. The summed E-state index contributed by atoms with van der Waals surface area (Å²) in [5.41, 5.74) is 4.85. The van der Waals surface area contributed by atoms with Crippen LogP contribution in [0.3, 0.4) is 0 Å². The average molecular weight is 533 g/mol. The molecular weight excluding hydrogens is 476 g/mol. The van der Waals surface area contributed by atoms with E-state index in [2.05, 4.69) is 46.9 Å². The lowest BCUT2D eigenvalue weighted by molar-refractivity contribution is -0.240. The first-order chi connectivity index (χ1) is 17.4. The molecule has 0 aromatic carbocycles. The highest BCUT2D eigenvalue weighted by Crippen LogP contribution is 2.76. The third-order valence-electron chi connectivity index (χ3n) is 13.8. The minimum absolute atomic E-state index is 0.0165. The molecule has 0 unspecified atom stereocenters. The van der Waals surface area contributed by atoms with Crippen molar-refractivity contribution >= 4 is 5.91 Å². The van der Waals surface area contributed by atoms with Crippen molar-refractivity contribution in [2.24, 2.45) is 51.1 Å². The highest BCUT2D eigenvalue weighted by atomic mass is 16.5. The maximum Gasteiger partial charge on any atom is 0.233 e. The summed E-state index contributed by atoms with van der Waals surface area (Å²) in [6.07, 6.45) is 8.85. The normalized spacial score (nSPS) is 52.1. The van der Waals surface area contributed by atoms with Crippen molar-refractivity contribution in [3.8, 4) is 0 Å². The Bertz CT molecular complexity index is 946. The monoisotopic (exact) mass is 532 g/mol. The number of hydrogen-bond donors (Lipinski definition) is 4. The van der Waals surface area contributed by atoms with Gasteiger partial charge in [0.2, 0.25) is 5.91 Å². The molecule has 1 aliphatic heterocycles. The molecule has 5 fully saturated rings. The molecule has 1 amide bonds. The van der Waals surface area contributed by atoms with Crippen LogP contribution in [0.1, 0.15) is 113 Å². The van der Waals surface area contributed by atoms with E-state index in [0.717, 1.165) is 44.9 Å². The van der Waals surface area contributed by atoms with E-state index in [0.29, 0.717) is 17.8 Å². The highest BCUT2D eigenvalue weighted by Gasteiger charge is 2.72. The molecule has 1 heterocycles. The summed E-state index contributed by atoms with van der Waals surface area (Å²) in [5, 5.41) is 26.0. The fourth-order valence-corrected chi connectivity index (χ4v) is 11.6. The molecule has 0 aromatic rings. The van der Waals surface area contributed by atoms with Crippen LogP contribution in [-0.2, 0) is 9.53 Å². The number of aliphatic hydroxyl groups is 2. The van der Waals surface area contributed by atoms with Crippen molar-refractivity contribution in [2.75, 3.05) is 6.54 Å². The van der Waals surface area contributed by atoms with Crippen molar-refractivity contribution in [1.29, 1.82) is 0 Å². The first kappa shape index (κ1) is 28.8. The van der Waals surface area contributed by atoms with Gasteiger partial charge in [-0.1, -0.05) is 34.6 Å². The highest BCUT2D eigenvalue weighted by molar-refractivity contribution is 5.78. The van der Waals surface area contributed by atoms with E-state index < -0.39 is 5.60 Å². The van der Waals surface area contributed by atoms with Crippen LogP contribution in [0.15, 0.2) is 0 Å². The number of ether oxygens (including phenoxy) is 1. The molecule has 4 saturated carbocycles. The van der Waals surface area contributed by atoms with E-state index in [1.807, 2.05) is 13.8 Å². The third kappa shape index (κ3) is 3.89. The van der Waals surface area contributed by atoms with Gasteiger partial charge in [-0.05, 0) is 124 Å². The molecule has 0 spiro atoms. The number of amides is 1. The summed E-state index contributed by atoms with van der Waals surface area (Å²) in [6, 6.07) is 0.150. The van der Waals surface area contributed by atoms with Gasteiger partial charge >= 0.3 is 0 Å². The van der Waals surface area contributed by atoms with Gasteiger partial charge in [-0.15, -0.1) is 0 Å². The number of carbonyl (C=O) groups excluding carboxylic acids is 1. The minimum atomic E-state index is -0.843. The van der Waals surface area contributed by atoms with E-state index in [1.165, 1.54) is 12.8 Å². The summed E-state index contributed by atoms with van der Waals surface area (Å²) in [6.45, 7) is 18.3. The standard InChI is InChI=1S/C32H56N2O4/c1-27(2)21-10-15-30(6)22(29(21,5)13-11-23(27)34-25(36)18-33)17-20(35)26-19(9-14-31(26,30)7)32(8)16-12-24(38-32)28(3,4)37/h19-24,26,35,37H,9-18,33H2,1-8H3,(H,34,36)/t19-,20+,21-,22+,23-,24+,26-,29-,30+,31+,32-/m0/s1. The summed E-state index contributed by atoms with van der Waals surface area (Å²) >= 11 is 0. The Hall–Kier alpha value is -0.690. The Morgan fingerprint density at radius 2 is 1.61 bits per heavy atom. The molecule has 6 nitrogen and oxygen atoms in total. The van der Waals surface area contributed by atoms with Crippen molar-refractivity contribution in [2.45, 2.75) is 143 Å². The molecule has 5 aliphatic rings. The minimum Gasteiger partial charge on any atom is -0.393 e. The maximum atomic E-state index is 12.2. The number of carbonyl (C=O) groups is 1. The SMILES string of the molecule is CC(C)(O)[C@H]1CC[C@@](C)([C@H]2CC[C@]3(C)[C@@H]2[C@H](O)C[C@@H]2[C@@]4(C)CC[C@H](NC(=O)CN)C(C)(C)[C@@H]4CC[C@]23C)O1. The van der Waals surface area contributed by atoms with Crippen molar-refractivity contribution in [3.05, 3.63) is 0 Å². The van der Waals surface area contributed by atoms with Gasteiger partial charge in [0.25, 0.3) is 0 Å². The van der Waals surface area contributed by atoms with E-state index in [4.69, 9.17) is 10.5 Å². The van der Waals surface area contributed by atoms with E-state index in [-0.39, 0.29) is 63.9 Å². The second-order valence-corrected chi connectivity index (χ2v) is 16.3. The molecule has 0 bridgehead atoms. The van der Waals surface area contributed by atoms with Crippen LogP contribution in [-0.4, -0.2) is 52.1 Å². The van der Waals surface area contributed by atoms with Crippen LogP contribution >= 0.6 is 0 Å². The van der Waals surface area contributed by atoms with Crippen LogP contribution in [0.2, 0.25) is 0 Å². The van der Waals surface area contributed by atoms with E-state index in [9.17, 15) is 15.0 Å². The van der Waals surface area contributed by atoms with Gasteiger partial charge in [-0.3, -0.25) is 4.79 Å². The lowest BCUT2D eigenvalue weighted by atomic mass is 9.35. The molecule has 5 N–H and O–H groups in total. The third-order valence-corrected chi connectivity index (χ3v) is 13.8. The Morgan fingerprint density at radius 1 is 0.947 bits per heavy atom. The average Bonchev–Trinajstić information content (AvgIpc) is 3.40. The topological polar surface area (TPSA) is 105 Å². The molecule has 4 aliphatic carbocycles. The molecule has 0 radical (unpaired) electrons. The quantitative estimate of drug-likeness (QED) is 0.417. The molecule has 6 heteroatoms. The Morgan fingerprint density at radius 3 is 2.21 bits per heavy atom. The number of aliphatic hydroxyl groups excluding tert-OH is 1. The summed E-state index contributed by atoms with van der Waals surface area (Å²) in [4.78, 5) is 12.2. The van der Waals surface area contributed by atoms with Gasteiger partial charge in [0.1, 0.15) is 0 Å². The van der Waals surface area contributed by atoms with Crippen LogP contribution in [0.5, 0.6) is 0 Å². The fourth-order valence-electron chi connectivity index (χ4n) is 11.6. The van der Waals surface area contributed by atoms with Crippen LogP contribution in [0, 0.1) is 45.3 Å². The van der Waals surface area contributed by atoms with Crippen molar-refractivity contribution in [3.63, 3.8) is 0 Å². The van der Waals surface area contributed by atoms with E-state index in [1.54, 1.807) is 0 Å². The molecular formula is C32H56N2O4. The largest absolute Gasteiger partial charge is 0.393 e. The zero-order valence-electron chi connectivity index (χ0n) is 25.4. The zero-order chi connectivity index (χ0) is 28.1. The molecule has 218 valence electrons. The van der Waals surface area contributed by atoms with Crippen LogP contribution < -0.4 is 11.1 Å². The molecule has 1 saturated heterocycles. The Kier molecular flexibility index (Phi) is 6.75. The number of rotatable bonds is 4. The van der Waals surface area contributed by atoms with Gasteiger partial charge in [-0.2, -0.15) is 0 Å². The second kappa shape index (κ2) is 8.90. The zero-order valence-corrected chi connectivity index (χ0v) is 25.4. The summed E-state index contributed by atoms with van der Waals surface area (Å²) < 4.78 is 6.69. The number of hydrogen-bond acceptors (Lipinski definition) is 5. The van der Waals surface area contributed by atoms with Crippen molar-refractivity contribution in [1.82, 2.24) is 5.32 Å². The first-order valence-electron chi connectivity index (χ1n) is 15.5. The maximum absolute atomic E-state index is 12.2. The Balaban J connectivity index is 1.44. The van der Waals surface area contributed by atoms with Gasteiger partial charge < -0.3 is 26.0 Å². The van der Waals surface area contributed by atoms with Gasteiger partial charge in [-0.25, -0.2) is 0 Å². The predicted molar refractivity (Wildman–Crippen MR) is 150 cm³/mol. The van der Waals surface area contributed by atoms with Crippen molar-refractivity contribution < 1.29 is 19.7 Å². The lowest BCUT2D eigenvalue weighted by Gasteiger charge is -2.71. The number of nitrogens with two attached hydrogens (primary N) is 1. The van der Waals surface area contributed by atoms with Gasteiger partial charge in [0, 0.05) is 6.04 Å². The van der Waals surface area contributed by atoms with Crippen LogP contribution in [0.4, 0.5) is 0 Å². The molecule has 5 rings (SSSR count). The van der Waals surface area contributed by atoms with Gasteiger partial charge in [0.05, 0.1) is 30.0 Å². The molecule has 0 aromatic heterocycles. The lowest BCUT2D eigenvalue weighted by Crippen LogP contribution is -2.67. The first-order valence-corrected chi connectivity index (χ1v) is 15.5. The number of fused-ring (bicyclic) bond motifs is 5. The van der Waals surface area contributed by atoms with Gasteiger partial charge in [0.15, 0.2) is 0 Å². The van der Waals surface area contributed by atoms with E-state index >= 15 is 0 Å². The summed E-state index contributed by atoms with van der Waals surface area (Å²) in [5.74, 6) is 1.44. The number of nitrogens with one attached hydrogen (secondary N) is 1. The molecule has 11 atom stereocenters. The Labute approximate surface area is 231 Å². The second-order valence-electron chi connectivity index (χ2n) is 16.3. The predicted octanol–water partition coefficient (Wildman–Crippen LogP) is 4.79. The van der Waals surface area contributed by atoms with Crippen LogP contribution in [0.25, 0.3) is 0 Å². The fraction of sp³-hybridized carbons (Fsp3) is 0.969.